The molecule has 0 aliphatic rings. The molecule has 3 heteroatoms. The summed E-state index contributed by atoms with van der Waals surface area (Å²) < 4.78 is 1.24. The molecular formula is C16H13IN2. The summed E-state index contributed by atoms with van der Waals surface area (Å²) in [5, 5.41) is 4.67. The second-order valence-corrected chi connectivity index (χ2v) is 5.60. The molecule has 1 aromatic heterocycles. The van der Waals surface area contributed by atoms with Gasteiger partial charge >= 0.3 is 0 Å². The molecule has 0 aliphatic heterocycles. The molecule has 0 atom stereocenters. The maximum atomic E-state index is 4.38. The van der Waals surface area contributed by atoms with Gasteiger partial charge < -0.3 is 5.32 Å². The highest BCUT2D eigenvalue weighted by atomic mass is 127. The second kappa shape index (κ2) is 5.57. The van der Waals surface area contributed by atoms with Gasteiger partial charge in [-0.05, 0) is 58.5 Å². The summed E-state index contributed by atoms with van der Waals surface area (Å²) in [5.41, 5.74) is 3.46. The molecule has 0 saturated heterocycles. The van der Waals surface area contributed by atoms with Gasteiger partial charge in [0.05, 0.1) is 5.52 Å². The molecule has 0 spiro atoms. The number of rotatable bonds is 3. The molecule has 0 amide bonds. The third kappa shape index (κ3) is 2.87. The highest BCUT2D eigenvalue weighted by molar-refractivity contribution is 14.1. The maximum absolute atomic E-state index is 4.38. The molecule has 3 rings (SSSR count). The van der Waals surface area contributed by atoms with Gasteiger partial charge in [-0.3, -0.25) is 4.98 Å². The molecule has 0 bridgehead atoms. The van der Waals surface area contributed by atoms with Crippen LogP contribution in [0.4, 0.5) is 5.69 Å². The van der Waals surface area contributed by atoms with Crippen LogP contribution in [0.5, 0.6) is 0 Å². The lowest BCUT2D eigenvalue weighted by molar-refractivity contribution is 1.16. The molecule has 0 saturated carbocycles. The minimum absolute atomic E-state index is 0.809. The Bertz CT molecular complexity index is 704. The lowest BCUT2D eigenvalue weighted by atomic mass is 10.1. The van der Waals surface area contributed by atoms with E-state index in [-0.39, 0.29) is 0 Å². The molecule has 19 heavy (non-hydrogen) atoms. The molecule has 1 heterocycles. The van der Waals surface area contributed by atoms with Crippen molar-refractivity contribution in [2.24, 2.45) is 0 Å². The van der Waals surface area contributed by atoms with E-state index in [1.165, 1.54) is 14.5 Å². The van der Waals surface area contributed by atoms with Gasteiger partial charge in [-0.15, -0.1) is 0 Å². The van der Waals surface area contributed by atoms with Crippen LogP contribution in [-0.2, 0) is 6.54 Å². The standard InChI is InChI=1S/C16H13IN2/c17-13-4-3-5-14(10-13)19-11-12-8-9-18-16-7-2-1-6-15(12)16/h1-10,19H,11H2. The minimum atomic E-state index is 0.809. The van der Waals surface area contributed by atoms with Crippen LogP contribution in [0.15, 0.2) is 60.8 Å². The predicted molar refractivity (Wildman–Crippen MR) is 88.2 cm³/mol. The number of para-hydroxylation sites is 1. The Morgan fingerprint density at radius 3 is 2.79 bits per heavy atom. The number of anilines is 1. The van der Waals surface area contributed by atoms with E-state index >= 15 is 0 Å². The van der Waals surface area contributed by atoms with Crippen molar-refractivity contribution in [1.82, 2.24) is 4.98 Å². The van der Waals surface area contributed by atoms with Gasteiger partial charge in [0, 0.05) is 27.4 Å². The first-order valence-electron chi connectivity index (χ1n) is 6.15. The lowest BCUT2D eigenvalue weighted by Gasteiger charge is -2.09. The van der Waals surface area contributed by atoms with Crippen LogP contribution < -0.4 is 5.32 Å². The number of halogens is 1. The van der Waals surface area contributed by atoms with Crippen molar-refractivity contribution in [3.05, 3.63) is 69.9 Å². The molecular weight excluding hydrogens is 347 g/mol. The fourth-order valence-electron chi connectivity index (χ4n) is 2.10. The summed E-state index contributed by atoms with van der Waals surface area (Å²) >= 11 is 2.32. The van der Waals surface area contributed by atoms with E-state index in [0.717, 1.165) is 17.7 Å². The van der Waals surface area contributed by atoms with Crippen molar-refractivity contribution < 1.29 is 0 Å². The quantitative estimate of drug-likeness (QED) is 0.698. The molecule has 94 valence electrons. The number of hydrogen-bond donors (Lipinski definition) is 1. The van der Waals surface area contributed by atoms with Crippen LogP contribution in [0.2, 0.25) is 0 Å². The van der Waals surface area contributed by atoms with Crippen LogP contribution >= 0.6 is 22.6 Å². The molecule has 3 aromatic rings. The van der Waals surface area contributed by atoms with Crippen molar-refractivity contribution in [1.29, 1.82) is 0 Å². The third-order valence-electron chi connectivity index (χ3n) is 3.05. The number of pyridine rings is 1. The molecule has 1 N–H and O–H groups in total. The first kappa shape index (κ1) is 12.4. The molecule has 0 fully saturated rings. The van der Waals surface area contributed by atoms with Crippen molar-refractivity contribution in [3.63, 3.8) is 0 Å². The summed E-state index contributed by atoms with van der Waals surface area (Å²) in [6.07, 6.45) is 1.87. The van der Waals surface area contributed by atoms with Crippen LogP contribution in [0.3, 0.4) is 0 Å². The number of aromatic nitrogens is 1. The number of nitrogens with one attached hydrogen (secondary N) is 1. The van der Waals surface area contributed by atoms with E-state index in [2.05, 4.69) is 75.4 Å². The Morgan fingerprint density at radius 2 is 1.89 bits per heavy atom. The van der Waals surface area contributed by atoms with E-state index < -0.39 is 0 Å². The van der Waals surface area contributed by atoms with Crippen molar-refractivity contribution in [2.75, 3.05) is 5.32 Å². The van der Waals surface area contributed by atoms with Crippen molar-refractivity contribution >= 4 is 39.2 Å². The number of benzene rings is 2. The average Bonchev–Trinajstić information content (AvgIpc) is 2.45. The smallest absolute Gasteiger partial charge is 0.0705 e. The molecule has 0 aliphatic carbocycles. The monoisotopic (exact) mass is 360 g/mol. The van der Waals surface area contributed by atoms with Gasteiger partial charge in [-0.2, -0.15) is 0 Å². The third-order valence-corrected chi connectivity index (χ3v) is 3.72. The maximum Gasteiger partial charge on any atom is 0.0705 e. The zero-order valence-corrected chi connectivity index (χ0v) is 12.5. The fraction of sp³-hybridized carbons (Fsp3) is 0.0625. The van der Waals surface area contributed by atoms with E-state index in [4.69, 9.17) is 0 Å². The van der Waals surface area contributed by atoms with Crippen LogP contribution in [-0.4, -0.2) is 4.98 Å². The van der Waals surface area contributed by atoms with Gasteiger partial charge in [0.2, 0.25) is 0 Å². The van der Waals surface area contributed by atoms with Crippen LogP contribution in [0, 0.1) is 3.57 Å². The summed E-state index contributed by atoms with van der Waals surface area (Å²) in [6, 6.07) is 18.7. The summed E-state index contributed by atoms with van der Waals surface area (Å²) in [7, 11) is 0. The summed E-state index contributed by atoms with van der Waals surface area (Å²) in [5.74, 6) is 0. The normalized spacial score (nSPS) is 10.6. The highest BCUT2D eigenvalue weighted by Gasteiger charge is 2.01. The molecule has 2 nitrogen and oxygen atoms in total. The first-order valence-corrected chi connectivity index (χ1v) is 7.23. The topological polar surface area (TPSA) is 24.9 Å². The van der Waals surface area contributed by atoms with Crippen LogP contribution in [0.25, 0.3) is 10.9 Å². The Hall–Kier alpha value is -1.62. The number of nitrogens with zero attached hydrogens (tertiary/aromatic N) is 1. The SMILES string of the molecule is Ic1cccc(NCc2ccnc3ccccc23)c1. The number of hydrogen-bond acceptors (Lipinski definition) is 2. The minimum Gasteiger partial charge on any atom is -0.381 e. The average molecular weight is 360 g/mol. The molecule has 0 unspecified atom stereocenters. The lowest BCUT2D eigenvalue weighted by Crippen LogP contribution is -2.00. The molecule has 0 radical (unpaired) electrons. The van der Waals surface area contributed by atoms with E-state index in [1.54, 1.807) is 0 Å². The summed E-state index contributed by atoms with van der Waals surface area (Å²) in [6.45, 7) is 0.809. The summed E-state index contributed by atoms with van der Waals surface area (Å²) in [4.78, 5) is 4.38. The van der Waals surface area contributed by atoms with Gasteiger partial charge in [0.1, 0.15) is 0 Å². The largest absolute Gasteiger partial charge is 0.381 e. The highest BCUT2D eigenvalue weighted by Crippen LogP contribution is 2.18. The zero-order chi connectivity index (χ0) is 13.1. The van der Waals surface area contributed by atoms with E-state index in [1.807, 2.05) is 18.3 Å². The van der Waals surface area contributed by atoms with Crippen molar-refractivity contribution in [2.45, 2.75) is 6.54 Å². The Morgan fingerprint density at radius 1 is 1.00 bits per heavy atom. The Kier molecular flexibility index (Phi) is 3.64. The van der Waals surface area contributed by atoms with Gasteiger partial charge in [0.15, 0.2) is 0 Å². The zero-order valence-electron chi connectivity index (χ0n) is 10.3. The Balaban J connectivity index is 1.86. The van der Waals surface area contributed by atoms with Crippen LogP contribution in [0.1, 0.15) is 5.56 Å². The predicted octanol–water partition coefficient (Wildman–Crippen LogP) is 4.45. The Labute approximate surface area is 126 Å². The van der Waals surface area contributed by atoms with E-state index in [9.17, 15) is 0 Å². The van der Waals surface area contributed by atoms with E-state index in [0.29, 0.717) is 0 Å². The second-order valence-electron chi connectivity index (χ2n) is 4.35. The van der Waals surface area contributed by atoms with Gasteiger partial charge in [0.25, 0.3) is 0 Å². The molecule has 2 aromatic carbocycles. The number of fused-ring (bicyclic) bond motifs is 1. The first-order chi connectivity index (χ1) is 9.33. The van der Waals surface area contributed by atoms with Gasteiger partial charge in [-0.25, -0.2) is 0 Å². The van der Waals surface area contributed by atoms with Gasteiger partial charge in [-0.1, -0.05) is 24.3 Å². The fourth-order valence-corrected chi connectivity index (χ4v) is 2.65. The van der Waals surface area contributed by atoms with Crippen molar-refractivity contribution in [3.8, 4) is 0 Å².